The Kier molecular flexibility index (Phi) is 7.13. The fourth-order valence-electron chi connectivity index (χ4n) is 4.00. The Morgan fingerprint density at radius 1 is 1.14 bits per heavy atom. The highest BCUT2D eigenvalue weighted by molar-refractivity contribution is 7.13. The molecule has 0 spiro atoms. The molecule has 0 bridgehead atoms. The quantitative estimate of drug-likeness (QED) is 0.412. The number of ether oxygens (including phenoxy) is 1. The number of hydrogen-bond donors (Lipinski definition) is 3. The van der Waals surface area contributed by atoms with E-state index in [1.54, 1.807) is 50.6 Å². The van der Waals surface area contributed by atoms with E-state index in [-0.39, 0.29) is 5.13 Å². The minimum atomic E-state index is -1.13. The first kappa shape index (κ1) is 24.4. The molecule has 1 aliphatic rings. The van der Waals surface area contributed by atoms with Crippen LogP contribution < -0.4 is 15.4 Å². The first-order valence-corrected chi connectivity index (χ1v) is 11.9. The van der Waals surface area contributed by atoms with Gasteiger partial charge in [-0.15, -0.1) is 11.3 Å². The van der Waals surface area contributed by atoms with Gasteiger partial charge in [-0.2, -0.15) is 0 Å². The van der Waals surface area contributed by atoms with Crippen LogP contribution in [0.15, 0.2) is 60.0 Å². The lowest BCUT2D eigenvalue weighted by Crippen LogP contribution is -2.50. The summed E-state index contributed by atoms with van der Waals surface area (Å²) in [5.41, 5.74) is 1.80. The van der Waals surface area contributed by atoms with Crippen LogP contribution >= 0.6 is 11.3 Å². The number of benzene rings is 2. The van der Waals surface area contributed by atoms with Crippen molar-refractivity contribution in [1.29, 1.82) is 0 Å². The van der Waals surface area contributed by atoms with Crippen LogP contribution in [0.3, 0.4) is 0 Å². The number of aliphatic hydroxyl groups is 1. The first-order chi connectivity index (χ1) is 16.8. The Morgan fingerprint density at radius 2 is 1.83 bits per heavy atom. The lowest BCUT2D eigenvalue weighted by molar-refractivity contribution is -0.134. The number of methoxy groups -OCH3 is 1. The monoisotopic (exact) mass is 494 g/mol. The van der Waals surface area contributed by atoms with Crippen molar-refractivity contribution < 1.29 is 24.2 Å². The van der Waals surface area contributed by atoms with Crippen molar-refractivity contribution in [3.63, 3.8) is 0 Å². The normalized spacial score (nSPS) is 18.1. The second kappa shape index (κ2) is 10.2. The van der Waals surface area contributed by atoms with Gasteiger partial charge >= 0.3 is 6.03 Å². The van der Waals surface area contributed by atoms with E-state index < -0.39 is 42.0 Å². The molecule has 1 unspecified atom stereocenters. The SMILES string of the molecule is COc1ccc([C@H]2NC(=O)N([C@H](C(=O)Nc3nc(C(C)O)cs3)[C@@H](C)c3ccccc3)C2=O)cc1. The third-order valence-electron chi connectivity index (χ3n) is 5.95. The van der Waals surface area contributed by atoms with Crippen LogP contribution in [-0.4, -0.2) is 46.0 Å². The Hall–Kier alpha value is -3.76. The number of thiazole rings is 1. The molecule has 2 aromatic carbocycles. The molecule has 1 aromatic heterocycles. The van der Waals surface area contributed by atoms with E-state index in [0.717, 1.165) is 21.8 Å². The Bertz CT molecular complexity index is 1210. The molecule has 3 N–H and O–H groups in total. The highest BCUT2D eigenvalue weighted by Crippen LogP contribution is 2.32. The molecule has 1 saturated heterocycles. The lowest BCUT2D eigenvalue weighted by atomic mass is 9.91. The molecule has 9 nitrogen and oxygen atoms in total. The zero-order valence-corrected chi connectivity index (χ0v) is 20.3. The number of rotatable bonds is 8. The molecule has 0 radical (unpaired) electrons. The molecule has 4 amide bonds. The van der Waals surface area contributed by atoms with Crippen molar-refractivity contribution >= 4 is 34.3 Å². The predicted molar refractivity (Wildman–Crippen MR) is 131 cm³/mol. The third-order valence-corrected chi connectivity index (χ3v) is 6.72. The first-order valence-electron chi connectivity index (χ1n) is 11.1. The van der Waals surface area contributed by atoms with Gasteiger partial charge in [-0.1, -0.05) is 49.4 Å². The summed E-state index contributed by atoms with van der Waals surface area (Å²) in [6.45, 7) is 3.37. The van der Waals surface area contributed by atoms with Crippen LogP contribution in [-0.2, 0) is 9.59 Å². The molecular formula is C25H26N4O5S. The van der Waals surface area contributed by atoms with Crippen molar-refractivity contribution in [3.05, 3.63) is 76.8 Å². The average molecular weight is 495 g/mol. The van der Waals surface area contributed by atoms with Crippen molar-refractivity contribution in [2.45, 2.75) is 38.0 Å². The maximum absolute atomic E-state index is 13.5. The minimum Gasteiger partial charge on any atom is -0.497 e. The van der Waals surface area contributed by atoms with Crippen LogP contribution in [0, 0.1) is 0 Å². The molecule has 35 heavy (non-hydrogen) atoms. The number of amides is 4. The molecule has 4 rings (SSSR count). The summed E-state index contributed by atoms with van der Waals surface area (Å²) >= 11 is 1.16. The van der Waals surface area contributed by atoms with Crippen LogP contribution in [0.2, 0.25) is 0 Å². The van der Waals surface area contributed by atoms with Gasteiger partial charge < -0.3 is 20.5 Å². The number of carbonyl (C=O) groups excluding carboxylic acids is 3. The highest BCUT2D eigenvalue weighted by Gasteiger charge is 2.47. The summed E-state index contributed by atoms with van der Waals surface area (Å²) in [7, 11) is 1.54. The molecule has 10 heteroatoms. The van der Waals surface area contributed by atoms with E-state index in [2.05, 4.69) is 15.6 Å². The maximum atomic E-state index is 13.5. The number of aliphatic hydroxyl groups excluding tert-OH is 1. The number of aromatic nitrogens is 1. The van der Waals surface area contributed by atoms with Gasteiger partial charge in [0.2, 0.25) is 5.91 Å². The summed E-state index contributed by atoms with van der Waals surface area (Å²) in [5.74, 6) is -0.951. The van der Waals surface area contributed by atoms with Gasteiger partial charge in [0.1, 0.15) is 17.8 Å². The van der Waals surface area contributed by atoms with Crippen molar-refractivity contribution in [2.24, 2.45) is 0 Å². The minimum absolute atomic E-state index is 0.273. The molecule has 1 fully saturated rings. The van der Waals surface area contributed by atoms with Crippen LogP contribution in [0.4, 0.5) is 9.93 Å². The highest BCUT2D eigenvalue weighted by atomic mass is 32.1. The summed E-state index contributed by atoms with van der Waals surface area (Å²) in [4.78, 5) is 45.3. The van der Waals surface area contributed by atoms with Gasteiger partial charge in [0.15, 0.2) is 5.13 Å². The number of imide groups is 1. The van der Waals surface area contributed by atoms with Gasteiger partial charge in [0, 0.05) is 11.3 Å². The number of anilines is 1. The van der Waals surface area contributed by atoms with Crippen molar-refractivity contribution in [3.8, 4) is 5.75 Å². The molecule has 0 aliphatic carbocycles. The van der Waals surface area contributed by atoms with E-state index in [1.807, 2.05) is 30.3 Å². The number of carbonyl (C=O) groups is 3. The summed E-state index contributed by atoms with van der Waals surface area (Å²) in [6.07, 6.45) is -0.785. The molecule has 182 valence electrons. The topological polar surface area (TPSA) is 121 Å². The van der Waals surface area contributed by atoms with E-state index >= 15 is 0 Å². The Balaban J connectivity index is 1.66. The van der Waals surface area contributed by atoms with E-state index in [1.165, 1.54) is 0 Å². The summed E-state index contributed by atoms with van der Waals surface area (Å²) < 4.78 is 5.17. The zero-order chi connectivity index (χ0) is 25.1. The van der Waals surface area contributed by atoms with Crippen LogP contribution in [0.25, 0.3) is 0 Å². The average Bonchev–Trinajstić information content (AvgIpc) is 3.45. The molecule has 3 aromatic rings. The van der Waals surface area contributed by atoms with Gasteiger partial charge in [-0.25, -0.2) is 14.7 Å². The Morgan fingerprint density at radius 3 is 2.43 bits per heavy atom. The number of urea groups is 1. The molecule has 2 heterocycles. The standard InChI is InChI=1S/C25H26N4O5S/c1-14(16-7-5-4-6-8-16)21(22(31)28-24-26-19(13-35-24)15(2)30)29-23(32)20(27-25(29)33)17-9-11-18(34-3)12-10-17/h4-15,20-21,30H,1-3H3,(H,27,33)(H,26,28,31)/t14-,15?,20+,21-/m0/s1. The second-order valence-electron chi connectivity index (χ2n) is 8.25. The lowest BCUT2D eigenvalue weighted by Gasteiger charge is -2.29. The summed E-state index contributed by atoms with van der Waals surface area (Å²) in [5, 5.41) is 17.1. The van der Waals surface area contributed by atoms with Gasteiger partial charge in [0.05, 0.1) is 18.9 Å². The summed E-state index contributed by atoms with van der Waals surface area (Å²) in [6, 6.07) is 13.3. The molecule has 1 aliphatic heterocycles. The fraction of sp³-hybridized carbons (Fsp3) is 0.280. The number of nitrogens with one attached hydrogen (secondary N) is 2. The van der Waals surface area contributed by atoms with Crippen molar-refractivity contribution in [1.82, 2.24) is 15.2 Å². The number of hydrogen-bond acceptors (Lipinski definition) is 7. The number of nitrogens with zero attached hydrogens (tertiary/aromatic N) is 2. The predicted octanol–water partition coefficient (Wildman–Crippen LogP) is 3.61. The van der Waals surface area contributed by atoms with E-state index in [4.69, 9.17) is 4.74 Å². The van der Waals surface area contributed by atoms with Gasteiger partial charge in [-0.05, 0) is 30.2 Å². The second-order valence-corrected chi connectivity index (χ2v) is 9.11. The third kappa shape index (κ3) is 5.03. The molecule has 4 atom stereocenters. The van der Waals surface area contributed by atoms with Crippen LogP contribution in [0.5, 0.6) is 5.75 Å². The Labute approximate surface area is 206 Å². The van der Waals surface area contributed by atoms with Gasteiger partial charge in [-0.3, -0.25) is 9.59 Å². The van der Waals surface area contributed by atoms with Crippen molar-refractivity contribution in [2.75, 3.05) is 12.4 Å². The zero-order valence-electron chi connectivity index (χ0n) is 19.5. The smallest absolute Gasteiger partial charge is 0.325 e. The fourth-order valence-corrected chi connectivity index (χ4v) is 4.80. The van der Waals surface area contributed by atoms with Gasteiger partial charge in [0.25, 0.3) is 5.91 Å². The van der Waals surface area contributed by atoms with E-state index in [9.17, 15) is 19.5 Å². The largest absolute Gasteiger partial charge is 0.497 e. The van der Waals surface area contributed by atoms with E-state index in [0.29, 0.717) is 17.0 Å². The maximum Gasteiger partial charge on any atom is 0.325 e. The molecule has 0 saturated carbocycles. The molecular weight excluding hydrogens is 468 g/mol. The van der Waals surface area contributed by atoms with Crippen LogP contribution in [0.1, 0.15) is 48.7 Å².